The minimum absolute atomic E-state index is 0.0181. The summed E-state index contributed by atoms with van der Waals surface area (Å²) in [4.78, 5) is 11.2. The van der Waals surface area contributed by atoms with Crippen LogP contribution in [0, 0.1) is 11.6 Å². The molecule has 1 aromatic carbocycles. The van der Waals surface area contributed by atoms with Crippen LogP contribution in [0.1, 0.15) is 11.4 Å². The molecule has 0 aliphatic rings. The average molecular weight is 245 g/mol. The van der Waals surface area contributed by atoms with Gasteiger partial charge in [0.25, 0.3) is 0 Å². The molecule has 3 nitrogen and oxygen atoms in total. The molecule has 18 heavy (non-hydrogen) atoms. The van der Waals surface area contributed by atoms with Gasteiger partial charge in [-0.05, 0) is 18.2 Å². The summed E-state index contributed by atoms with van der Waals surface area (Å²) in [5.41, 5.74) is 1.51. The first-order valence-corrected chi connectivity index (χ1v) is 5.45. The van der Waals surface area contributed by atoms with E-state index in [1.54, 1.807) is 18.5 Å². The summed E-state index contributed by atoms with van der Waals surface area (Å²) in [6.07, 6.45) is 3.34. The van der Waals surface area contributed by atoms with Crippen LogP contribution >= 0.6 is 0 Å². The fourth-order valence-electron chi connectivity index (χ4n) is 1.86. The van der Waals surface area contributed by atoms with Crippen LogP contribution in [0.25, 0.3) is 11.0 Å². The van der Waals surface area contributed by atoms with Gasteiger partial charge in [-0.2, -0.15) is 0 Å². The van der Waals surface area contributed by atoms with Crippen LogP contribution in [-0.4, -0.2) is 15.0 Å². The third kappa shape index (κ3) is 1.84. The van der Waals surface area contributed by atoms with Gasteiger partial charge < -0.3 is 4.98 Å². The molecular formula is C13H9F2N3. The zero-order chi connectivity index (χ0) is 12.5. The van der Waals surface area contributed by atoms with Crippen molar-refractivity contribution in [3.63, 3.8) is 0 Å². The maximum atomic E-state index is 13.5. The highest BCUT2D eigenvalue weighted by molar-refractivity contribution is 5.73. The van der Waals surface area contributed by atoms with Crippen molar-refractivity contribution in [2.75, 3.05) is 0 Å². The van der Waals surface area contributed by atoms with E-state index >= 15 is 0 Å². The lowest BCUT2D eigenvalue weighted by molar-refractivity contribution is 0.559. The number of fused-ring (bicyclic) bond motifs is 1. The first-order valence-electron chi connectivity index (χ1n) is 5.45. The molecular weight excluding hydrogens is 236 g/mol. The fourth-order valence-corrected chi connectivity index (χ4v) is 1.86. The minimum atomic E-state index is -0.561. The Morgan fingerprint density at radius 1 is 1.11 bits per heavy atom. The van der Waals surface area contributed by atoms with Crippen LogP contribution < -0.4 is 0 Å². The van der Waals surface area contributed by atoms with E-state index in [1.165, 1.54) is 18.2 Å². The number of aromatic nitrogens is 3. The largest absolute Gasteiger partial charge is 0.340 e. The Balaban J connectivity index is 2.01. The molecule has 2 heterocycles. The summed E-state index contributed by atoms with van der Waals surface area (Å²) in [5.74, 6) is -0.607. The molecule has 5 heteroatoms. The average Bonchev–Trinajstić information content (AvgIpc) is 2.76. The van der Waals surface area contributed by atoms with Crippen LogP contribution in [-0.2, 0) is 6.42 Å². The normalized spacial score (nSPS) is 11.0. The van der Waals surface area contributed by atoms with Gasteiger partial charge in [-0.15, -0.1) is 0 Å². The zero-order valence-corrected chi connectivity index (χ0v) is 9.32. The number of nitrogens with one attached hydrogen (secondary N) is 1. The van der Waals surface area contributed by atoms with Gasteiger partial charge in [-0.3, -0.25) is 4.98 Å². The Labute approximate surface area is 102 Å². The van der Waals surface area contributed by atoms with E-state index in [1.807, 2.05) is 0 Å². The van der Waals surface area contributed by atoms with Crippen molar-refractivity contribution in [1.29, 1.82) is 0 Å². The van der Waals surface area contributed by atoms with Crippen molar-refractivity contribution in [1.82, 2.24) is 15.0 Å². The second kappa shape index (κ2) is 4.18. The van der Waals surface area contributed by atoms with Crippen molar-refractivity contribution in [3.05, 3.63) is 59.7 Å². The van der Waals surface area contributed by atoms with Gasteiger partial charge in [0.1, 0.15) is 17.5 Å². The van der Waals surface area contributed by atoms with E-state index in [0.29, 0.717) is 5.82 Å². The van der Waals surface area contributed by atoms with Crippen molar-refractivity contribution in [2.45, 2.75) is 6.42 Å². The molecule has 90 valence electrons. The third-order valence-corrected chi connectivity index (χ3v) is 2.74. The quantitative estimate of drug-likeness (QED) is 0.754. The van der Waals surface area contributed by atoms with E-state index in [4.69, 9.17) is 0 Å². The first-order chi connectivity index (χ1) is 8.74. The predicted octanol–water partition coefficient (Wildman–Crippen LogP) is 2.83. The Kier molecular flexibility index (Phi) is 2.51. The van der Waals surface area contributed by atoms with Crippen LogP contribution in [0.3, 0.4) is 0 Å². The highest BCUT2D eigenvalue weighted by Gasteiger charge is 2.11. The first kappa shape index (κ1) is 10.8. The Bertz CT molecular complexity index is 653. The number of hydrogen-bond acceptors (Lipinski definition) is 2. The molecule has 0 radical (unpaired) electrons. The Morgan fingerprint density at radius 2 is 1.89 bits per heavy atom. The smallest absolute Gasteiger partial charge is 0.129 e. The van der Waals surface area contributed by atoms with E-state index in [2.05, 4.69) is 15.0 Å². The Hall–Kier alpha value is -2.30. The maximum absolute atomic E-state index is 13.5. The number of aromatic amines is 1. The molecule has 0 amide bonds. The summed E-state index contributed by atoms with van der Waals surface area (Å²) in [7, 11) is 0. The van der Waals surface area contributed by atoms with Crippen LogP contribution in [0.15, 0.2) is 36.7 Å². The monoisotopic (exact) mass is 245 g/mol. The van der Waals surface area contributed by atoms with Gasteiger partial charge in [0.2, 0.25) is 0 Å². The lowest BCUT2D eigenvalue weighted by Crippen LogP contribution is -1.98. The minimum Gasteiger partial charge on any atom is -0.340 e. The predicted molar refractivity (Wildman–Crippen MR) is 63.1 cm³/mol. The number of pyridine rings is 1. The van der Waals surface area contributed by atoms with Crippen molar-refractivity contribution in [3.8, 4) is 0 Å². The molecule has 1 N–H and O–H groups in total. The van der Waals surface area contributed by atoms with Gasteiger partial charge in [-0.25, -0.2) is 13.8 Å². The second-order valence-electron chi connectivity index (χ2n) is 3.95. The van der Waals surface area contributed by atoms with E-state index in [-0.39, 0.29) is 12.0 Å². The van der Waals surface area contributed by atoms with E-state index < -0.39 is 11.6 Å². The van der Waals surface area contributed by atoms with Gasteiger partial charge in [0.05, 0.1) is 17.2 Å². The van der Waals surface area contributed by atoms with E-state index in [9.17, 15) is 8.78 Å². The maximum Gasteiger partial charge on any atom is 0.129 e. The number of halogens is 2. The lowest BCUT2D eigenvalue weighted by atomic mass is 10.1. The summed E-state index contributed by atoms with van der Waals surface area (Å²) in [5, 5.41) is 0. The molecule has 0 aliphatic heterocycles. The molecule has 0 spiro atoms. The molecule has 0 atom stereocenters. The molecule has 2 aromatic heterocycles. The van der Waals surface area contributed by atoms with Gasteiger partial charge in [0, 0.05) is 18.2 Å². The molecule has 0 unspecified atom stereocenters. The molecule has 0 bridgehead atoms. The third-order valence-electron chi connectivity index (χ3n) is 2.74. The van der Waals surface area contributed by atoms with Gasteiger partial charge in [0.15, 0.2) is 0 Å². The van der Waals surface area contributed by atoms with Crippen molar-refractivity contribution in [2.24, 2.45) is 0 Å². The van der Waals surface area contributed by atoms with Gasteiger partial charge >= 0.3 is 0 Å². The molecule has 0 saturated heterocycles. The zero-order valence-electron chi connectivity index (χ0n) is 9.32. The number of rotatable bonds is 2. The van der Waals surface area contributed by atoms with Crippen molar-refractivity contribution < 1.29 is 8.78 Å². The summed E-state index contributed by atoms with van der Waals surface area (Å²) < 4.78 is 27.0. The number of imidazole rings is 1. The summed E-state index contributed by atoms with van der Waals surface area (Å²) in [6.45, 7) is 0. The fraction of sp³-hybridized carbons (Fsp3) is 0.0769. The van der Waals surface area contributed by atoms with Crippen LogP contribution in [0.4, 0.5) is 8.78 Å². The second-order valence-corrected chi connectivity index (χ2v) is 3.95. The van der Waals surface area contributed by atoms with Crippen LogP contribution in [0.5, 0.6) is 0 Å². The SMILES string of the molecule is Fc1cccc(F)c1Cc1nc2ccncc2[nH]1. The highest BCUT2D eigenvalue weighted by atomic mass is 19.1. The van der Waals surface area contributed by atoms with E-state index in [0.717, 1.165) is 11.0 Å². The molecule has 3 rings (SSSR count). The number of benzene rings is 1. The van der Waals surface area contributed by atoms with Crippen molar-refractivity contribution >= 4 is 11.0 Å². The number of nitrogens with zero attached hydrogens (tertiary/aromatic N) is 2. The number of H-pyrrole nitrogens is 1. The summed E-state index contributed by atoms with van der Waals surface area (Å²) in [6, 6.07) is 5.56. The van der Waals surface area contributed by atoms with Gasteiger partial charge in [-0.1, -0.05) is 6.07 Å². The summed E-state index contributed by atoms with van der Waals surface area (Å²) >= 11 is 0. The molecule has 0 fully saturated rings. The van der Waals surface area contributed by atoms with Crippen LogP contribution in [0.2, 0.25) is 0 Å². The lowest BCUT2D eigenvalue weighted by Gasteiger charge is -2.01. The number of hydrogen-bond donors (Lipinski definition) is 1. The molecule has 3 aromatic rings. The standard InChI is InChI=1S/C13H9F2N3/c14-9-2-1-3-10(15)8(9)6-13-17-11-4-5-16-7-12(11)18-13/h1-5,7H,6H2,(H,17,18). The Morgan fingerprint density at radius 3 is 2.61 bits per heavy atom. The molecule has 0 saturated carbocycles. The molecule has 0 aliphatic carbocycles. The topological polar surface area (TPSA) is 41.6 Å². The highest BCUT2D eigenvalue weighted by Crippen LogP contribution is 2.17.